The molecule has 0 heterocycles. The zero-order valence-corrected chi connectivity index (χ0v) is 17.7. The van der Waals surface area contributed by atoms with Crippen molar-refractivity contribution in [3.63, 3.8) is 0 Å². The smallest absolute Gasteiger partial charge is 0.338 e. The van der Waals surface area contributed by atoms with Gasteiger partial charge in [0.1, 0.15) is 23.8 Å². The van der Waals surface area contributed by atoms with Crippen LogP contribution in [0.1, 0.15) is 43.0 Å². The van der Waals surface area contributed by atoms with E-state index in [1.54, 1.807) is 13.8 Å². The second-order valence-electron chi connectivity index (χ2n) is 7.99. The number of carbonyl (C=O) groups excluding carboxylic acids is 2. The first kappa shape index (κ1) is 21.7. The molecule has 3 aromatic rings. The fourth-order valence-corrected chi connectivity index (χ4v) is 3.74. The predicted molar refractivity (Wildman–Crippen MR) is 115 cm³/mol. The minimum atomic E-state index is -0.763. The van der Waals surface area contributed by atoms with E-state index in [2.05, 4.69) is 0 Å². The maximum absolute atomic E-state index is 13.9. The lowest BCUT2D eigenvalue weighted by molar-refractivity contribution is -0.0389. The van der Waals surface area contributed by atoms with E-state index in [0.29, 0.717) is 24.0 Å². The topological polar surface area (TPSA) is 52.6 Å². The van der Waals surface area contributed by atoms with Gasteiger partial charge in [-0.25, -0.2) is 18.4 Å². The van der Waals surface area contributed by atoms with Crippen molar-refractivity contribution in [2.45, 2.75) is 38.9 Å². The zero-order chi connectivity index (χ0) is 22.8. The van der Waals surface area contributed by atoms with E-state index in [4.69, 9.17) is 9.47 Å². The molecule has 6 heteroatoms. The highest BCUT2D eigenvalue weighted by Gasteiger charge is 2.35. The van der Waals surface area contributed by atoms with Gasteiger partial charge in [0, 0.05) is 12.8 Å². The van der Waals surface area contributed by atoms with Gasteiger partial charge in [0.25, 0.3) is 0 Å². The van der Waals surface area contributed by atoms with Crippen molar-refractivity contribution in [1.82, 2.24) is 0 Å². The van der Waals surface area contributed by atoms with Gasteiger partial charge in [-0.2, -0.15) is 0 Å². The third-order valence-corrected chi connectivity index (χ3v) is 5.71. The summed E-state index contributed by atoms with van der Waals surface area (Å²) in [6.07, 6.45) is -0.838. The molecule has 0 aromatic heterocycles. The van der Waals surface area contributed by atoms with Crippen LogP contribution >= 0.6 is 0 Å². The molecule has 4 rings (SSSR count). The fraction of sp³-hybridized carbons (Fsp3) is 0.231. The molecule has 0 spiro atoms. The maximum atomic E-state index is 13.9. The minimum absolute atomic E-state index is 0.0811. The first-order valence-electron chi connectivity index (χ1n) is 10.3. The standard InChI is InChI=1S/C26H22F2O4/c1-15-7-9-19(11-21(15)27)25(29)31-23-13-17-5-3-4-6-18(17)14-24(23)32-26(30)20-10-8-16(2)22(28)12-20/h3-12,23-24H,13-14H2,1-2H3/t23-,24+. The Morgan fingerprint density at radius 2 is 1.12 bits per heavy atom. The Morgan fingerprint density at radius 3 is 1.50 bits per heavy atom. The Bertz CT molecular complexity index is 1100. The van der Waals surface area contributed by atoms with Gasteiger partial charge in [0.05, 0.1) is 11.1 Å². The van der Waals surface area contributed by atoms with Gasteiger partial charge in [0.2, 0.25) is 0 Å². The normalized spacial score (nSPS) is 17.4. The van der Waals surface area contributed by atoms with Crippen LogP contribution in [0.5, 0.6) is 0 Å². The molecule has 0 amide bonds. The van der Waals surface area contributed by atoms with E-state index in [1.807, 2.05) is 24.3 Å². The lowest BCUT2D eigenvalue weighted by Crippen LogP contribution is -2.41. The number of hydrogen-bond acceptors (Lipinski definition) is 4. The number of hydrogen-bond donors (Lipinski definition) is 0. The van der Waals surface area contributed by atoms with Crippen LogP contribution in [0.15, 0.2) is 60.7 Å². The van der Waals surface area contributed by atoms with Gasteiger partial charge in [-0.05, 0) is 60.4 Å². The number of rotatable bonds is 4. The lowest BCUT2D eigenvalue weighted by Gasteiger charge is -2.32. The van der Waals surface area contributed by atoms with Crippen molar-refractivity contribution in [2.24, 2.45) is 0 Å². The number of fused-ring (bicyclic) bond motifs is 1. The fourth-order valence-electron chi connectivity index (χ4n) is 3.74. The molecule has 0 N–H and O–H groups in total. The van der Waals surface area contributed by atoms with Crippen molar-refractivity contribution in [3.8, 4) is 0 Å². The third-order valence-electron chi connectivity index (χ3n) is 5.71. The molecule has 0 unspecified atom stereocenters. The second-order valence-corrected chi connectivity index (χ2v) is 7.99. The Morgan fingerprint density at radius 1 is 0.719 bits per heavy atom. The molecule has 0 aliphatic heterocycles. The van der Waals surface area contributed by atoms with Crippen LogP contribution in [0.25, 0.3) is 0 Å². The largest absolute Gasteiger partial charge is 0.454 e. The summed E-state index contributed by atoms with van der Waals surface area (Å²) in [5.74, 6) is -2.40. The molecular formula is C26H22F2O4. The molecule has 0 saturated carbocycles. The average molecular weight is 436 g/mol. The quantitative estimate of drug-likeness (QED) is 0.532. The molecule has 0 bridgehead atoms. The average Bonchev–Trinajstić information content (AvgIpc) is 2.77. The molecule has 3 aromatic carbocycles. The van der Waals surface area contributed by atoms with Gasteiger partial charge >= 0.3 is 11.9 Å². The summed E-state index contributed by atoms with van der Waals surface area (Å²) in [4.78, 5) is 25.4. The molecule has 1 aliphatic carbocycles. The molecule has 0 fully saturated rings. The Kier molecular flexibility index (Phi) is 6.04. The van der Waals surface area contributed by atoms with E-state index < -0.39 is 35.8 Å². The summed E-state index contributed by atoms with van der Waals surface area (Å²) in [7, 11) is 0. The summed E-state index contributed by atoms with van der Waals surface area (Å²) in [5, 5.41) is 0. The maximum Gasteiger partial charge on any atom is 0.338 e. The number of halogens is 2. The Balaban J connectivity index is 1.57. The van der Waals surface area contributed by atoms with Crippen molar-refractivity contribution < 1.29 is 27.8 Å². The van der Waals surface area contributed by atoms with Crippen LogP contribution in [0.3, 0.4) is 0 Å². The molecular weight excluding hydrogens is 414 g/mol. The van der Waals surface area contributed by atoms with Crippen LogP contribution < -0.4 is 0 Å². The van der Waals surface area contributed by atoms with Crippen molar-refractivity contribution in [1.29, 1.82) is 0 Å². The van der Waals surface area contributed by atoms with Crippen molar-refractivity contribution in [2.75, 3.05) is 0 Å². The molecule has 164 valence electrons. The Hall–Kier alpha value is -3.54. The number of esters is 2. The summed E-state index contributed by atoms with van der Waals surface area (Å²) >= 11 is 0. The number of carbonyl (C=O) groups is 2. The monoisotopic (exact) mass is 436 g/mol. The summed E-state index contributed by atoms with van der Waals surface area (Å²) in [6, 6.07) is 15.9. The first-order chi connectivity index (χ1) is 15.3. The number of ether oxygens (including phenoxy) is 2. The third kappa shape index (κ3) is 4.54. The molecule has 32 heavy (non-hydrogen) atoms. The number of benzene rings is 3. The predicted octanol–water partition coefficient (Wildman–Crippen LogP) is 5.13. The molecule has 0 radical (unpaired) electrons. The molecule has 2 atom stereocenters. The van der Waals surface area contributed by atoms with Crippen LogP contribution in [0.2, 0.25) is 0 Å². The van der Waals surface area contributed by atoms with Crippen LogP contribution in [-0.2, 0) is 22.3 Å². The van der Waals surface area contributed by atoms with Gasteiger partial charge in [0.15, 0.2) is 0 Å². The highest BCUT2D eigenvalue weighted by Crippen LogP contribution is 2.27. The van der Waals surface area contributed by atoms with Crippen molar-refractivity contribution >= 4 is 11.9 Å². The van der Waals surface area contributed by atoms with Gasteiger partial charge in [-0.3, -0.25) is 0 Å². The van der Waals surface area contributed by atoms with Crippen LogP contribution in [0, 0.1) is 25.5 Å². The van der Waals surface area contributed by atoms with E-state index in [0.717, 1.165) is 23.3 Å². The second kappa shape index (κ2) is 8.91. The van der Waals surface area contributed by atoms with Crippen LogP contribution in [-0.4, -0.2) is 24.1 Å². The SMILES string of the molecule is Cc1ccc(C(=O)O[C@H]2Cc3ccccc3C[C@H]2OC(=O)c2ccc(C)c(F)c2)cc1F. The summed E-state index contributed by atoms with van der Waals surface area (Å²) in [6.45, 7) is 3.21. The summed E-state index contributed by atoms with van der Waals surface area (Å²) in [5.41, 5.74) is 2.97. The molecule has 4 nitrogen and oxygen atoms in total. The van der Waals surface area contributed by atoms with E-state index >= 15 is 0 Å². The minimum Gasteiger partial charge on any atom is -0.454 e. The highest BCUT2D eigenvalue weighted by atomic mass is 19.1. The van der Waals surface area contributed by atoms with E-state index in [1.165, 1.54) is 24.3 Å². The van der Waals surface area contributed by atoms with E-state index in [9.17, 15) is 18.4 Å². The van der Waals surface area contributed by atoms with Gasteiger partial charge in [-0.15, -0.1) is 0 Å². The van der Waals surface area contributed by atoms with Crippen LogP contribution in [0.4, 0.5) is 8.78 Å². The lowest BCUT2D eigenvalue weighted by atomic mass is 9.87. The number of aryl methyl sites for hydroxylation is 2. The highest BCUT2D eigenvalue weighted by molar-refractivity contribution is 5.90. The van der Waals surface area contributed by atoms with Crippen molar-refractivity contribution in [3.05, 3.63) is 106 Å². The first-order valence-corrected chi connectivity index (χ1v) is 10.3. The van der Waals surface area contributed by atoms with Gasteiger partial charge < -0.3 is 9.47 Å². The molecule has 1 aliphatic rings. The van der Waals surface area contributed by atoms with E-state index in [-0.39, 0.29) is 11.1 Å². The van der Waals surface area contributed by atoms with Gasteiger partial charge in [-0.1, -0.05) is 36.4 Å². The molecule has 0 saturated heterocycles. The Labute approximate surface area is 184 Å². The zero-order valence-electron chi connectivity index (χ0n) is 17.7. The summed E-state index contributed by atoms with van der Waals surface area (Å²) < 4.78 is 39.1.